The van der Waals surface area contributed by atoms with Crippen LogP contribution in [-0.4, -0.2) is 23.3 Å². The average Bonchev–Trinajstić information content (AvgIpc) is 3.44. The molecule has 10 aromatic carbocycles. The lowest BCUT2D eigenvalue weighted by Crippen LogP contribution is -2.34. The Morgan fingerprint density at radius 3 is 1.39 bits per heavy atom. The van der Waals surface area contributed by atoms with E-state index in [-0.39, 0.29) is 12.3 Å². The third kappa shape index (κ3) is 7.78. The van der Waals surface area contributed by atoms with Crippen molar-refractivity contribution in [3.8, 4) is 0 Å². The van der Waals surface area contributed by atoms with Crippen LogP contribution in [-0.2, 0) is 5.41 Å². The summed E-state index contributed by atoms with van der Waals surface area (Å²) in [4.78, 5) is 20.9. The zero-order chi connectivity index (χ0) is 46.0. The molecule has 0 saturated heterocycles. The highest BCUT2D eigenvalue weighted by molar-refractivity contribution is 6.17. The van der Waals surface area contributed by atoms with Gasteiger partial charge < -0.3 is 10.6 Å². The van der Waals surface area contributed by atoms with Crippen LogP contribution in [0, 0.1) is 0 Å². The Morgan fingerprint density at radius 1 is 0.319 bits per heavy atom. The van der Waals surface area contributed by atoms with Gasteiger partial charge in [0.25, 0.3) is 0 Å². The largest absolute Gasteiger partial charge is 0.344 e. The number of nitrogens with zero attached hydrogens (tertiary/aromatic N) is 4. The SMILES string of the molecule is c1ccc(C2=NC(c3ccc(C(c4ccccc4)(c4ccccc4)c4ccc(C5=NC(c6cccc7ccccc67)NC(c6ccccc6)=N5)cc4)cc3)NC(c3cccc4ccccc34)=N2)cc1. The van der Waals surface area contributed by atoms with Crippen LogP contribution in [0.4, 0.5) is 0 Å². The molecule has 0 amide bonds. The molecule has 2 N–H and O–H groups in total. The van der Waals surface area contributed by atoms with E-state index in [2.05, 4.69) is 229 Å². The van der Waals surface area contributed by atoms with Crippen LogP contribution < -0.4 is 10.6 Å². The molecule has 2 unspecified atom stereocenters. The van der Waals surface area contributed by atoms with Gasteiger partial charge in [-0.3, -0.25) is 0 Å². The van der Waals surface area contributed by atoms with Crippen molar-refractivity contribution in [3.05, 3.63) is 310 Å². The van der Waals surface area contributed by atoms with Crippen molar-refractivity contribution in [2.24, 2.45) is 20.0 Å². The number of amidine groups is 4. The number of fused-ring (bicyclic) bond motifs is 2. The first-order valence-corrected chi connectivity index (χ1v) is 23.4. The molecular formula is C63H46N6. The fourth-order valence-electron chi connectivity index (χ4n) is 10.0. The Kier molecular flexibility index (Phi) is 10.8. The van der Waals surface area contributed by atoms with Crippen LogP contribution in [0.1, 0.15) is 68.0 Å². The van der Waals surface area contributed by atoms with E-state index in [0.717, 1.165) is 83.5 Å². The lowest BCUT2D eigenvalue weighted by molar-refractivity contribution is 0.672. The third-order valence-corrected chi connectivity index (χ3v) is 13.4. The maximum absolute atomic E-state index is 5.33. The van der Waals surface area contributed by atoms with Crippen LogP contribution in [0.25, 0.3) is 21.5 Å². The molecule has 328 valence electrons. The molecule has 2 atom stereocenters. The number of hydrogen-bond acceptors (Lipinski definition) is 6. The van der Waals surface area contributed by atoms with E-state index in [1.165, 1.54) is 5.39 Å². The van der Waals surface area contributed by atoms with Crippen LogP contribution in [0.5, 0.6) is 0 Å². The van der Waals surface area contributed by atoms with Crippen LogP contribution in [0.15, 0.2) is 275 Å². The van der Waals surface area contributed by atoms with Gasteiger partial charge in [-0.2, -0.15) is 0 Å². The van der Waals surface area contributed by atoms with Gasteiger partial charge >= 0.3 is 0 Å². The van der Waals surface area contributed by atoms with E-state index in [4.69, 9.17) is 20.0 Å². The van der Waals surface area contributed by atoms with E-state index in [1.807, 2.05) is 36.4 Å². The predicted molar refractivity (Wildman–Crippen MR) is 283 cm³/mol. The Hall–Kier alpha value is -9.00. The van der Waals surface area contributed by atoms with Crippen molar-refractivity contribution in [2.45, 2.75) is 17.7 Å². The molecule has 2 aliphatic heterocycles. The minimum atomic E-state index is -0.687. The second-order valence-corrected chi connectivity index (χ2v) is 17.4. The molecule has 0 bridgehead atoms. The van der Waals surface area contributed by atoms with Crippen molar-refractivity contribution in [1.29, 1.82) is 0 Å². The third-order valence-electron chi connectivity index (χ3n) is 13.4. The molecule has 10 aromatic rings. The first kappa shape index (κ1) is 41.4. The molecule has 0 aromatic heterocycles. The first-order valence-electron chi connectivity index (χ1n) is 23.4. The predicted octanol–water partition coefficient (Wildman–Crippen LogP) is 13.4. The number of hydrogen-bond donors (Lipinski definition) is 2. The summed E-state index contributed by atoms with van der Waals surface area (Å²) in [5.74, 6) is 2.94. The Labute approximate surface area is 401 Å². The fraction of sp³-hybridized carbons (Fsp3) is 0.0476. The van der Waals surface area contributed by atoms with Gasteiger partial charge in [-0.25, -0.2) is 20.0 Å². The number of nitrogens with one attached hydrogen (secondary N) is 2. The Bertz CT molecular complexity index is 3530. The number of aliphatic imine (C=N–C) groups is 4. The van der Waals surface area contributed by atoms with Gasteiger partial charge in [0.15, 0.2) is 11.7 Å². The molecule has 0 fully saturated rings. The lowest BCUT2D eigenvalue weighted by Gasteiger charge is -2.37. The van der Waals surface area contributed by atoms with Crippen LogP contribution in [0.3, 0.4) is 0 Å². The number of benzene rings is 10. The van der Waals surface area contributed by atoms with Gasteiger partial charge in [-0.1, -0.05) is 255 Å². The molecule has 69 heavy (non-hydrogen) atoms. The molecule has 6 nitrogen and oxygen atoms in total. The van der Waals surface area contributed by atoms with Crippen LogP contribution in [0.2, 0.25) is 0 Å². The molecule has 12 rings (SSSR count). The van der Waals surface area contributed by atoms with Gasteiger partial charge in [0, 0.05) is 27.8 Å². The van der Waals surface area contributed by atoms with Gasteiger partial charge in [0.05, 0.1) is 5.41 Å². The molecule has 0 saturated carbocycles. The minimum Gasteiger partial charge on any atom is -0.344 e. The summed E-state index contributed by atoms with van der Waals surface area (Å²) in [7, 11) is 0. The van der Waals surface area contributed by atoms with E-state index in [1.54, 1.807) is 0 Å². The van der Waals surface area contributed by atoms with Crippen LogP contribution >= 0.6 is 0 Å². The van der Waals surface area contributed by atoms with Crippen molar-refractivity contribution >= 4 is 44.9 Å². The molecular weight excluding hydrogens is 841 g/mol. The van der Waals surface area contributed by atoms with E-state index < -0.39 is 5.41 Å². The second-order valence-electron chi connectivity index (χ2n) is 17.4. The number of rotatable bonds is 10. The molecule has 0 radical (unpaired) electrons. The van der Waals surface area contributed by atoms with Crippen molar-refractivity contribution in [1.82, 2.24) is 10.6 Å². The van der Waals surface area contributed by atoms with Gasteiger partial charge in [0.1, 0.15) is 24.0 Å². The standard InChI is InChI=1S/C63H46N6/c1-5-21-45(22-6-1)57-64-59(68-61(66-57)55-33-17-25-43-19-13-15-31-53(43)55)47-35-39-51(40-36-47)63(49-27-9-3-10-28-49,50-29-11-4-12-30-50)52-41-37-48(38-42-52)60-65-58(46-23-7-2-8-24-46)67-62(69-60)56-34-18-26-44-20-14-16-32-54(44)56/h1-42,59,62H,(H,64,66,68)(H,65,67,69). The van der Waals surface area contributed by atoms with E-state index in [9.17, 15) is 0 Å². The highest BCUT2D eigenvalue weighted by Gasteiger charge is 2.39. The summed E-state index contributed by atoms with van der Waals surface area (Å²) in [5, 5.41) is 12.0. The molecule has 2 heterocycles. The van der Waals surface area contributed by atoms with Crippen molar-refractivity contribution in [3.63, 3.8) is 0 Å². The Morgan fingerprint density at radius 2 is 0.754 bits per heavy atom. The zero-order valence-corrected chi connectivity index (χ0v) is 37.7. The van der Waals surface area contributed by atoms with E-state index >= 15 is 0 Å². The monoisotopic (exact) mass is 886 g/mol. The second kappa shape index (κ2) is 18.0. The maximum atomic E-state index is 5.33. The van der Waals surface area contributed by atoms with Gasteiger partial charge in [0.2, 0.25) is 0 Å². The topological polar surface area (TPSA) is 73.5 Å². The quantitative estimate of drug-likeness (QED) is 0.134. The summed E-state index contributed by atoms with van der Waals surface area (Å²) < 4.78 is 0. The molecule has 0 spiro atoms. The summed E-state index contributed by atoms with van der Waals surface area (Å²) >= 11 is 0. The van der Waals surface area contributed by atoms with Crippen molar-refractivity contribution in [2.75, 3.05) is 0 Å². The molecule has 0 aliphatic carbocycles. The minimum absolute atomic E-state index is 0.342. The highest BCUT2D eigenvalue weighted by atomic mass is 15.2. The smallest absolute Gasteiger partial charge is 0.159 e. The summed E-state index contributed by atoms with van der Waals surface area (Å²) in [6.07, 6.45) is -0.724. The fourth-order valence-corrected chi connectivity index (χ4v) is 10.0. The van der Waals surface area contributed by atoms with Crippen molar-refractivity contribution < 1.29 is 0 Å². The zero-order valence-electron chi connectivity index (χ0n) is 37.7. The lowest BCUT2D eigenvalue weighted by atomic mass is 9.65. The first-order chi connectivity index (χ1) is 34.2. The maximum Gasteiger partial charge on any atom is 0.159 e. The summed E-state index contributed by atoms with van der Waals surface area (Å²) in [6, 6.07) is 89.8. The summed E-state index contributed by atoms with van der Waals surface area (Å²) in [5.41, 5.74) is 9.94. The van der Waals surface area contributed by atoms with Gasteiger partial charge in [-0.15, -0.1) is 0 Å². The molecule has 6 heteroatoms. The Balaban J connectivity index is 0.964. The van der Waals surface area contributed by atoms with E-state index in [0.29, 0.717) is 11.7 Å². The summed E-state index contributed by atoms with van der Waals surface area (Å²) in [6.45, 7) is 0. The normalized spacial score (nSPS) is 15.8. The average molecular weight is 887 g/mol. The van der Waals surface area contributed by atoms with Gasteiger partial charge in [-0.05, 0) is 49.4 Å². The highest BCUT2D eigenvalue weighted by Crippen LogP contribution is 2.46. The molecule has 2 aliphatic rings.